The fraction of sp³-hybridized carbons (Fsp3) is 0.360. The van der Waals surface area contributed by atoms with E-state index in [1.54, 1.807) is 19.3 Å². The van der Waals surface area contributed by atoms with Crippen LogP contribution in [0.2, 0.25) is 0 Å². The van der Waals surface area contributed by atoms with E-state index in [4.69, 9.17) is 9.47 Å². The van der Waals surface area contributed by atoms with Crippen molar-refractivity contribution in [3.05, 3.63) is 58.7 Å². The number of nitrogens with one attached hydrogen (secondary N) is 2. The highest BCUT2D eigenvalue weighted by atomic mass is 16.5. The second-order valence-corrected chi connectivity index (χ2v) is 7.99. The van der Waals surface area contributed by atoms with Gasteiger partial charge in [-0.15, -0.1) is 0 Å². The van der Waals surface area contributed by atoms with E-state index in [0.717, 1.165) is 27.9 Å². The van der Waals surface area contributed by atoms with Crippen molar-refractivity contribution in [1.29, 1.82) is 0 Å². The van der Waals surface area contributed by atoms with E-state index in [0.29, 0.717) is 24.0 Å². The summed E-state index contributed by atoms with van der Waals surface area (Å²) in [5.41, 5.74) is 4.70. The van der Waals surface area contributed by atoms with Crippen molar-refractivity contribution >= 4 is 23.6 Å². The van der Waals surface area contributed by atoms with Gasteiger partial charge in [0, 0.05) is 11.8 Å². The number of methoxy groups -OCH3 is 1. The van der Waals surface area contributed by atoms with E-state index in [2.05, 4.69) is 24.5 Å². The first-order valence-electron chi connectivity index (χ1n) is 10.3. The molecule has 0 aliphatic heterocycles. The lowest BCUT2D eigenvalue weighted by Crippen LogP contribution is -2.32. The second-order valence-electron chi connectivity index (χ2n) is 7.99. The third-order valence-electron chi connectivity index (χ3n) is 4.55. The van der Waals surface area contributed by atoms with Crippen LogP contribution in [-0.4, -0.2) is 32.1 Å². The molecule has 0 saturated heterocycles. The molecule has 0 fully saturated rings. The smallest absolute Gasteiger partial charge is 0.244 e. The Kier molecular flexibility index (Phi) is 8.67. The number of rotatable bonds is 9. The van der Waals surface area contributed by atoms with Crippen molar-refractivity contribution in [2.45, 2.75) is 34.6 Å². The van der Waals surface area contributed by atoms with Crippen molar-refractivity contribution in [3.63, 3.8) is 0 Å². The number of amides is 2. The molecule has 6 nitrogen and oxygen atoms in total. The number of ether oxygens (including phenoxy) is 2. The van der Waals surface area contributed by atoms with Crippen LogP contribution >= 0.6 is 0 Å². The molecule has 6 heteroatoms. The van der Waals surface area contributed by atoms with E-state index < -0.39 is 0 Å². The van der Waals surface area contributed by atoms with Gasteiger partial charge in [-0.3, -0.25) is 9.59 Å². The van der Waals surface area contributed by atoms with Gasteiger partial charge < -0.3 is 20.1 Å². The Hall–Kier alpha value is -3.28. The molecule has 0 saturated carbocycles. The van der Waals surface area contributed by atoms with Crippen LogP contribution in [0.15, 0.2) is 36.4 Å². The lowest BCUT2D eigenvalue weighted by molar-refractivity contribution is -0.121. The van der Waals surface area contributed by atoms with Crippen LogP contribution in [0.1, 0.15) is 36.1 Å². The minimum atomic E-state index is -0.355. The van der Waals surface area contributed by atoms with Crippen LogP contribution in [0.4, 0.5) is 5.69 Å². The third kappa shape index (κ3) is 7.48. The highest BCUT2D eigenvalue weighted by Gasteiger charge is 2.09. The molecule has 0 bridgehead atoms. The van der Waals surface area contributed by atoms with Crippen molar-refractivity contribution < 1.29 is 19.1 Å². The number of hydrogen-bond donors (Lipinski definition) is 2. The molecule has 0 heterocycles. The number of carbonyl (C=O) groups is 2. The van der Waals surface area contributed by atoms with Gasteiger partial charge in [0.25, 0.3) is 0 Å². The minimum Gasteiger partial charge on any atom is -0.493 e. The van der Waals surface area contributed by atoms with Crippen LogP contribution in [0.25, 0.3) is 6.08 Å². The number of carbonyl (C=O) groups excluding carboxylic acids is 2. The molecule has 0 spiro atoms. The fourth-order valence-electron chi connectivity index (χ4n) is 3.12. The highest BCUT2D eigenvalue weighted by molar-refractivity contribution is 5.98. The third-order valence-corrected chi connectivity index (χ3v) is 4.55. The first-order chi connectivity index (χ1) is 14.7. The largest absolute Gasteiger partial charge is 0.493 e. The number of aryl methyl sites for hydroxylation is 3. The maximum absolute atomic E-state index is 12.2. The van der Waals surface area contributed by atoms with Crippen molar-refractivity contribution in [2.24, 2.45) is 5.92 Å². The van der Waals surface area contributed by atoms with Gasteiger partial charge in [-0.1, -0.05) is 37.6 Å². The molecular formula is C25H32N2O4. The zero-order valence-corrected chi connectivity index (χ0v) is 19.2. The van der Waals surface area contributed by atoms with Gasteiger partial charge in [0.2, 0.25) is 11.8 Å². The number of benzene rings is 2. The molecule has 0 aliphatic rings. The molecule has 2 aromatic carbocycles. The van der Waals surface area contributed by atoms with Crippen LogP contribution in [0.5, 0.6) is 11.5 Å². The Labute approximate surface area is 184 Å². The van der Waals surface area contributed by atoms with Gasteiger partial charge in [-0.05, 0) is 61.6 Å². The molecule has 0 radical (unpaired) electrons. The lowest BCUT2D eigenvalue weighted by Gasteiger charge is -2.13. The fourth-order valence-corrected chi connectivity index (χ4v) is 3.12. The summed E-state index contributed by atoms with van der Waals surface area (Å²) in [7, 11) is 1.58. The molecule has 0 aromatic heterocycles. The maximum Gasteiger partial charge on any atom is 0.244 e. The van der Waals surface area contributed by atoms with Crippen molar-refractivity contribution in [3.8, 4) is 11.5 Å². The molecule has 2 rings (SSSR count). The molecule has 166 valence electrons. The first-order valence-corrected chi connectivity index (χ1v) is 10.3. The summed E-state index contributed by atoms with van der Waals surface area (Å²) < 4.78 is 11.1. The van der Waals surface area contributed by atoms with Gasteiger partial charge in [-0.2, -0.15) is 0 Å². The molecule has 2 aromatic rings. The summed E-state index contributed by atoms with van der Waals surface area (Å²) in [5.74, 6) is 1.04. The zero-order chi connectivity index (χ0) is 23.0. The summed E-state index contributed by atoms with van der Waals surface area (Å²) >= 11 is 0. The van der Waals surface area contributed by atoms with Crippen LogP contribution < -0.4 is 20.1 Å². The normalized spacial score (nSPS) is 10.9. The maximum atomic E-state index is 12.2. The average molecular weight is 425 g/mol. The number of anilines is 1. The van der Waals surface area contributed by atoms with E-state index in [9.17, 15) is 9.59 Å². The molecular weight excluding hydrogens is 392 g/mol. The average Bonchev–Trinajstić information content (AvgIpc) is 2.71. The zero-order valence-electron chi connectivity index (χ0n) is 19.2. The Balaban J connectivity index is 1.91. The summed E-state index contributed by atoms with van der Waals surface area (Å²) in [6, 6.07) is 9.49. The Morgan fingerprint density at radius 3 is 2.32 bits per heavy atom. The Bertz CT molecular complexity index is 941. The molecule has 0 aliphatic carbocycles. The van der Waals surface area contributed by atoms with E-state index >= 15 is 0 Å². The SMILES string of the molecule is COc1cc(/C=C/C(=O)NCC(=O)Nc2c(C)cc(C)cc2C)ccc1OCC(C)C. The number of hydrogen-bond acceptors (Lipinski definition) is 4. The molecule has 0 unspecified atom stereocenters. The Morgan fingerprint density at radius 1 is 1.03 bits per heavy atom. The highest BCUT2D eigenvalue weighted by Crippen LogP contribution is 2.29. The van der Waals surface area contributed by atoms with Crippen molar-refractivity contribution in [1.82, 2.24) is 5.32 Å². The van der Waals surface area contributed by atoms with Crippen LogP contribution in [0.3, 0.4) is 0 Å². The summed E-state index contributed by atoms with van der Waals surface area (Å²) in [6.07, 6.45) is 3.05. The van der Waals surface area contributed by atoms with E-state index in [1.807, 2.05) is 45.0 Å². The van der Waals surface area contributed by atoms with E-state index in [1.165, 1.54) is 6.08 Å². The van der Waals surface area contributed by atoms with Crippen molar-refractivity contribution in [2.75, 3.05) is 25.6 Å². The van der Waals surface area contributed by atoms with Crippen LogP contribution in [-0.2, 0) is 9.59 Å². The first kappa shape index (κ1) is 24.0. The standard InChI is InChI=1S/C25H32N2O4/c1-16(2)15-31-21-9-7-20(13-22(21)30-6)8-10-23(28)26-14-24(29)27-25-18(4)11-17(3)12-19(25)5/h7-13,16H,14-15H2,1-6H3,(H,26,28)(H,27,29)/b10-8+. The minimum absolute atomic E-state index is 0.110. The Morgan fingerprint density at radius 2 is 1.71 bits per heavy atom. The van der Waals surface area contributed by atoms with Crippen LogP contribution in [0, 0.1) is 26.7 Å². The predicted octanol–water partition coefficient (Wildman–Crippen LogP) is 4.42. The van der Waals surface area contributed by atoms with Gasteiger partial charge >= 0.3 is 0 Å². The molecule has 0 atom stereocenters. The monoisotopic (exact) mass is 424 g/mol. The van der Waals surface area contributed by atoms with Gasteiger partial charge in [0.15, 0.2) is 11.5 Å². The van der Waals surface area contributed by atoms with Gasteiger partial charge in [0.05, 0.1) is 20.3 Å². The summed E-state index contributed by atoms with van der Waals surface area (Å²) in [4.78, 5) is 24.3. The van der Waals surface area contributed by atoms with Gasteiger partial charge in [0.1, 0.15) is 0 Å². The summed E-state index contributed by atoms with van der Waals surface area (Å²) in [6.45, 7) is 10.5. The topological polar surface area (TPSA) is 76.7 Å². The second kappa shape index (κ2) is 11.2. The predicted molar refractivity (Wildman–Crippen MR) is 125 cm³/mol. The van der Waals surface area contributed by atoms with E-state index in [-0.39, 0.29) is 18.4 Å². The molecule has 31 heavy (non-hydrogen) atoms. The van der Waals surface area contributed by atoms with Gasteiger partial charge in [-0.25, -0.2) is 0 Å². The molecule has 2 N–H and O–H groups in total. The lowest BCUT2D eigenvalue weighted by atomic mass is 10.1. The summed E-state index contributed by atoms with van der Waals surface area (Å²) in [5, 5.41) is 5.47. The quantitative estimate of drug-likeness (QED) is 0.584. The molecule has 2 amide bonds.